The van der Waals surface area contributed by atoms with Crippen LogP contribution in [0.25, 0.3) is 11.4 Å². The molecule has 64 valence electrons. The van der Waals surface area contributed by atoms with E-state index in [4.69, 9.17) is 11.6 Å². The van der Waals surface area contributed by atoms with E-state index >= 15 is 0 Å². The van der Waals surface area contributed by atoms with Crippen LogP contribution in [0.1, 0.15) is 0 Å². The Balaban J connectivity index is 2.54. The maximum atomic E-state index is 5.92. The summed E-state index contributed by atoms with van der Waals surface area (Å²) in [5, 5.41) is 8.22. The Kier molecular flexibility index (Phi) is 2.19. The molecule has 0 unspecified atom stereocenters. The Hall–Kier alpha value is -1.48. The van der Waals surface area contributed by atoms with Crippen molar-refractivity contribution in [1.82, 2.24) is 15.2 Å². The summed E-state index contributed by atoms with van der Waals surface area (Å²) < 4.78 is 0. The smallest absolute Gasteiger partial charge is 0.130 e. The second-order valence-corrected chi connectivity index (χ2v) is 2.85. The lowest BCUT2D eigenvalue weighted by Crippen LogP contribution is -1.89. The zero-order valence-electron chi connectivity index (χ0n) is 6.68. The first kappa shape index (κ1) is 8.13. The average molecular weight is 192 g/mol. The zero-order valence-corrected chi connectivity index (χ0v) is 7.44. The molecule has 0 aliphatic heterocycles. The van der Waals surface area contributed by atoms with E-state index in [0.29, 0.717) is 10.7 Å². The number of hydrogen-bond acceptors (Lipinski definition) is 3. The maximum Gasteiger partial charge on any atom is 0.130 e. The van der Waals surface area contributed by atoms with Crippen molar-refractivity contribution in [3.8, 4) is 11.4 Å². The maximum absolute atomic E-state index is 5.92. The number of halogens is 1. The van der Waals surface area contributed by atoms with Crippen molar-refractivity contribution in [2.24, 2.45) is 0 Å². The normalized spacial score (nSPS) is 9.92. The number of hydrogen-bond donors (Lipinski definition) is 0. The average Bonchev–Trinajstić information content (AvgIpc) is 2.20. The molecule has 0 aliphatic rings. The number of rotatable bonds is 1. The molecule has 0 fully saturated rings. The lowest BCUT2D eigenvalue weighted by molar-refractivity contribution is 1.03. The van der Waals surface area contributed by atoms with Gasteiger partial charge >= 0.3 is 0 Å². The van der Waals surface area contributed by atoms with Crippen molar-refractivity contribution in [2.75, 3.05) is 0 Å². The standard InChI is InChI=1S/C9H6ClN3/c10-7-4-6-12-13-9(7)8-3-1-2-5-11-8/h1-6H. The van der Waals surface area contributed by atoms with Gasteiger partial charge in [0.25, 0.3) is 0 Å². The summed E-state index contributed by atoms with van der Waals surface area (Å²) in [5.74, 6) is 0. The monoisotopic (exact) mass is 191 g/mol. The predicted octanol–water partition coefficient (Wildman–Crippen LogP) is 2.19. The minimum absolute atomic E-state index is 0.564. The highest BCUT2D eigenvalue weighted by atomic mass is 35.5. The Bertz CT molecular complexity index is 403. The molecule has 0 amide bonds. The molecule has 13 heavy (non-hydrogen) atoms. The van der Waals surface area contributed by atoms with Crippen LogP contribution in [0.2, 0.25) is 5.02 Å². The molecule has 0 bridgehead atoms. The highest BCUT2D eigenvalue weighted by Gasteiger charge is 2.04. The van der Waals surface area contributed by atoms with Crippen LogP contribution in [0.4, 0.5) is 0 Å². The van der Waals surface area contributed by atoms with Crippen LogP contribution in [0.3, 0.4) is 0 Å². The zero-order chi connectivity index (χ0) is 9.10. The van der Waals surface area contributed by atoms with Crippen LogP contribution in [-0.2, 0) is 0 Å². The molecule has 4 heteroatoms. The van der Waals surface area contributed by atoms with Gasteiger partial charge in [-0.3, -0.25) is 4.98 Å². The third-order valence-corrected chi connectivity index (χ3v) is 1.88. The first-order valence-corrected chi connectivity index (χ1v) is 4.14. The molecule has 0 radical (unpaired) electrons. The first-order chi connectivity index (χ1) is 6.38. The molecule has 0 N–H and O–H groups in total. The summed E-state index contributed by atoms with van der Waals surface area (Å²) in [5.41, 5.74) is 1.35. The van der Waals surface area contributed by atoms with Gasteiger partial charge in [0, 0.05) is 6.20 Å². The third kappa shape index (κ3) is 1.65. The Labute approximate surface area is 80.4 Å². The molecule has 3 nitrogen and oxygen atoms in total. The highest BCUT2D eigenvalue weighted by Crippen LogP contribution is 2.21. The van der Waals surface area contributed by atoms with E-state index in [1.54, 1.807) is 18.5 Å². The Morgan fingerprint density at radius 1 is 1.08 bits per heavy atom. The molecule has 0 spiro atoms. The van der Waals surface area contributed by atoms with E-state index in [0.717, 1.165) is 5.69 Å². The van der Waals surface area contributed by atoms with Crippen molar-refractivity contribution in [3.05, 3.63) is 41.7 Å². The van der Waals surface area contributed by atoms with Crippen molar-refractivity contribution in [2.45, 2.75) is 0 Å². The van der Waals surface area contributed by atoms with E-state index in [2.05, 4.69) is 15.2 Å². The fourth-order valence-electron chi connectivity index (χ4n) is 0.993. The van der Waals surface area contributed by atoms with E-state index in [-0.39, 0.29) is 0 Å². The van der Waals surface area contributed by atoms with Gasteiger partial charge in [-0.25, -0.2) is 0 Å². The lowest BCUT2D eigenvalue weighted by Gasteiger charge is -1.98. The van der Waals surface area contributed by atoms with Gasteiger partial charge < -0.3 is 0 Å². The lowest BCUT2D eigenvalue weighted by atomic mass is 10.2. The van der Waals surface area contributed by atoms with Gasteiger partial charge in [0.2, 0.25) is 0 Å². The molecule has 0 atom stereocenters. The van der Waals surface area contributed by atoms with E-state index in [9.17, 15) is 0 Å². The summed E-state index contributed by atoms with van der Waals surface area (Å²) in [6.07, 6.45) is 3.25. The fraction of sp³-hybridized carbons (Fsp3) is 0. The molecule has 0 saturated carbocycles. The number of pyridine rings is 1. The van der Waals surface area contributed by atoms with E-state index in [1.807, 2.05) is 18.2 Å². The van der Waals surface area contributed by atoms with Crippen molar-refractivity contribution >= 4 is 11.6 Å². The molecule has 2 rings (SSSR count). The van der Waals surface area contributed by atoms with Crippen LogP contribution in [0, 0.1) is 0 Å². The topological polar surface area (TPSA) is 38.7 Å². The SMILES string of the molecule is Clc1ccnnc1-c1ccccn1. The second-order valence-electron chi connectivity index (χ2n) is 2.44. The first-order valence-electron chi connectivity index (χ1n) is 3.76. The van der Waals surface area contributed by atoms with Crippen molar-refractivity contribution in [1.29, 1.82) is 0 Å². The van der Waals surface area contributed by atoms with Gasteiger partial charge in [-0.2, -0.15) is 5.10 Å². The van der Waals surface area contributed by atoms with Gasteiger partial charge in [0.15, 0.2) is 0 Å². The molecule has 2 aromatic rings. The molecular weight excluding hydrogens is 186 g/mol. The Morgan fingerprint density at radius 2 is 2.00 bits per heavy atom. The summed E-state index contributed by atoms with van der Waals surface area (Å²) in [6.45, 7) is 0. The summed E-state index contributed by atoms with van der Waals surface area (Å²) >= 11 is 5.92. The van der Waals surface area contributed by atoms with Crippen LogP contribution in [0.5, 0.6) is 0 Å². The summed E-state index contributed by atoms with van der Waals surface area (Å²) in [7, 11) is 0. The highest BCUT2D eigenvalue weighted by molar-refractivity contribution is 6.32. The minimum Gasteiger partial charge on any atom is -0.254 e. The van der Waals surface area contributed by atoms with Crippen LogP contribution < -0.4 is 0 Å². The molecule has 0 aromatic carbocycles. The molecule has 0 saturated heterocycles. The number of nitrogens with zero attached hydrogens (tertiary/aromatic N) is 3. The number of aromatic nitrogens is 3. The molecule has 2 heterocycles. The van der Waals surface area contributed by atoms with Crippen molar-refractivity contribution in [3.63, 3.8) is 0 Å². The Morgan fingerprint density at radius 3 is 2.69 bits per heavy atom. The van der Waals surface area contributed by atoms with Gasteiger partial charge in [0.1, 0.15) is 5.69 Å². The van der Waals surface area contributed by atoms with Crippen LogP contribution in [-0.4, -0.2) is 15.2 Å². The largest absolute Gasteiger partial charge is 0.254 e. The van der Waals surface area contributed by atoms with Crippen LogP contribution >= 0.6 is 11.6 Å². The summed E-state index contributed by atoms with van der Waals surface area (Å²) in [6, 6.07) is 7.26. The van der Waals surface area contributed by atoms with Gasteiger partial charge in [0.05, 0.1) is 16.9 Å². The van der Waals surface area contributed by atoms with E-state index < -0.39 is 0 Å². The third-order valence-electron chi connectivity index (χ3n) is 1.58. The van der Waals surface area contributed by atoms with Crippen LogP contribution in [0.15, 0.2) is 36.7 Å². The summed E-state index contributed by atoms with van der Waals surface area (Å²) in [4.78, 5) is 4.12. The van der Waals surface area contributed by atoms with E-state index in [1.165, 1.54) is 0 Å². The molecule has 2 aromatic heterocycles. The molecular formula is C9H6ClN3. The molecule has 0 aliphatic carbocycles. The van der Waals surface area contributed by atoms with Gasteiger partial charge in [-0.1, -0.05) is 17.7 Å². The van der Waals surface area contributed by atoms with Gasteiger partial charge in [-0.15, -0.1) is 5.10 Å². The quantitative estimate of drug-likeness (QED) is 0.694. The fourth-order valence-corrected chi connectivity index (χ4v) is 1.18. The van der Waals surface area contributed by atoms with Gasteiger partial charge in [-0.05, 0) is 18.2 Å². The van der Waals surface area contributed by atoms with Crippen molar-refractivity contribution < 1.29 is 0 Å². The minimum atomic E-state index is 0.564. The predicted molar refractivity (Wildman–Crippen MR) is 50.3 cm³/mol. The second kappa shape index (κ2) is 3.49.